The van der Waals surface area contributed by atoms with Crippen LogP contribution < -0.4 is 5.32 Å². The number of ether oxygens (including phenoxy) is 1. The van der Waals surface area contributed by atoms with E-state index >= 15 is 0 Å². The molecule has 0 radical (unpaired) electrons. The molecule has 5 rings (SSSR count). The minimum atomic E-state index is -0.127. The van der Waals surface area contributed by atoms with E-state index in [1.807, 2.05) is 6.92 Å². The molecule has 148 valence electrons. The lowest BCUT2D eigenvalue weighted by molar-refractivity contribution is -0.120. The van der Waals surface area contributed by atoms with Crippen LogP contribution in [0.2, 0.25) is 0 Å². The van der Waals surface area contributed by atoms with E-state index in [1.165, 1.54) is 18.4 Å². The fraction of sp³-hybridized carbons (Fsp3) is 0.565. The lowest BCUT2D eigenvalue weighted by Crippen LogP contribution is -2.58. The maximum atomic E-state index is 12.9. The van der Waals surface area contributed by atoms with Crippen molar-refractivity contribution < 1.29 is 14.1 Å². The predicted molar refractivity (Wildman–Crippen MR) is 105 cm³/mol. The van der Waals surface area contributed by atoms with Crippen LogP contribution in [0.5, 0.6) is 0 Å². The van der Waals surface area contributed by atoms with E-state index in [4.69, 9.17) is 9.26 Å². The molecule has 28 heavy (non-hydrogen) atoms. The summed E-state index contributed by atoms with van der Waals surface area (Å²) in [5, 5.41) is 7.30. The van der Waals surface area contributed by atoms with Gasteiger partial charge >= 0.3 is 0 Å². The van der Waals surface area contributed by atoms with Crippen molar-refractivity contribution in [1.29, 1.82) is 0 Å². The third-order valence-electron chi connectivity index (χ3n) is 7.77. The van der Waals surface area contributed by atoms with Gasteiger partial charge in [0.15, 0.2) is 5.69 Å². The van der Waals surface area contributed by atoms with E-state index < -0.39 is 0 Å². The molecular formula is C23H28N2O3. The van der Waals surface area contributed by atoms with Gasteiger partial charge in [0, 0.05) is 18.7 Å². The Labute approximate surface area is 165 Å². The van der Waals surface area contributed by atoms with Crippen LogP contribution in [0.4, 0.5) is 0 Å². The lowest BCUT2D eigenvalue weighted by Gasteiger charge is -2.53. The van der Waals surface area contributed by atoms with Crippen molar-refractivity contribution in [2.45, 2.75) is 52.2 Å². The Morgan fingerprint density at radius 2 is 2.04 bits per heavy atom. The normalized spacial score (nSPS) is 35.5. The Kier molecular flexibility index (Phi) is 3.96. The number of carbonyl (C=O) groups is 1. The van der Waals surface area contributed by atoms with Gasteiger partial charge in [-0.3, -0.25) is 4.79 Å². The number of fused-ring (bicyclic) bond motifs is 1. The molecule has 2 bridgehead atoms. The minimum absolute atomic E-state index is 0.0590. The van der Waals surface area contributed by atoms with Crippen LogP contribution in [0.25, 0.3) is 0 Å². The summed E-state index contributed by atoms with van der Waals surface area (Å²) in [7, 11) is 0. The molecule has 2 heterocycles. The molecular weight excluding hydrogens is 352 g/mol. The van der Waals surface area contributed by atoms with Crippen LogP contribution in [0, 0.1) is 29.6 Å². The molecule has 1 aliphatic heterocycles. The molecule has 1 saturated heterocycles. The summed E-state index contributed by atoms with van der Waals surface area (Å²) in [6.07, 6.45) is 3.45. The number of nitrogens with zero attached hydrogens (tertiary/aromatic N) is 1. The number of amides is 1. The van der Waals surface area contributed by atoms with Gasteiger partial charge in [-0.25, -0.2) is 0 Å². The maximum absolute atomic E-state index is 12.9. The zero-order valence-electron chi connectivity index (χ0n) is 16.8. The number of hydrogen-bond donors (Lipinski definition) is 1. The number of benzene rings is 1. The van der Waals surface area contributed by atoms with Crippen molar-refractivity contribution in [3.05, 3.63) is 53.4 Å². The Morgan fingerprint density at radius 3 is 2.75 bits per heavy atom. The van der Waals surface area contributed by atoms with Gasteiger partial charge in [-0.1, -0.05) is 49.3 Å². The van der Waals surface area contributed by atoms with E-state index in [2.05, 4.69) is 54.7 Å². The Bertz CT molecular complexity index is 890. The molecule has 3 fully saturated rings. The van der Waals surface area contributed by atoms with Gasteiger partial charge in [-0.2, -0.15) is 0 Å². The van der Waals surface area contributed by atoms with E-state index in [0.29, 0.717) is 23.3 Å². The smallest absolute Gasteiger partial charge is 0.273 e. The highest BCUT2D eigenvalue weighted by Crippen LogP contribution is 2.70. The molecule has 1 spiro atoms. The first-order chi connectivity index (χ1) is 13.4. The quantitative estimate of drug-likeness (QED) is 0.862. The first-order valence-corrected chi connectivity index (χ1v) is 10.3. The van der Waals surface area contributed by atoms with Crippen LogP contribution in [0.15, 0.2) is 40.9 Å². The summed E-state index contributed by atoms with van der Waals surface area (Å²) in [5.41, 5.74) is 1.77. The molecule has 2 aliphatic carbocycles. The summed E-state index contributed by atoms with van der Waals surface area (Å²) < 4.78 is 11.4. The number of nitrogens with one attached hydrogen (secondary N) is 1. The first kappa shape index (κ1) is 17.9. The number of carbonyl (C=O) groups excluding carboxylic acids is 1. The highest BCUT2D eigenvalue weighted by molar-refractivity contribution is 5.92. The van der Waals surface area contributed by atoms with Gasteiger partial charge in [0.1, 0.15) is 5.76 Å². The molecule has 1 N–H and O–H groups in total. The Hall–Kier alpha value is -2.14. The molecule has 2 saturated carbocycles. The standard InChI is InChI=1S/C23H28N2O3/c1-14-11-18(25-28-14)20(26)24-21-22(2,3)16-12-17-19(15-7-5-4-6-8-15)27-10-9-23(17,21)13-16/h4-8,11,16-17,19,21H,9-10,12-13H2,1-3H3,(H,24,26)/t16-,17-,19-,21+,23?/m1/s1. The summed E-state index contributed by atoms with van der Waals surface area (Å²) in [6.45, 7) is 7.18. The number of rotatable bonds is 3. The molecule has 5 nitrogen and oxygen atoms in total. The van der Waals surface area contributed by atoms with Gasteiger partial charge in [-0.15, -0.1) is 0 Å². The van der Waals surface area contributed by atoms with Crippen LogP contribution >= 0.6 is 0 Å². The van der Waals surface area contributed by atoms with Crippen molar-refractivity contribution in [2.24, 2.45) is 22.7 Å². The largest absolute Gasteiger partial charge is 0.373 e. The average Bonchev–Trinajstić information content (AvgIpc) is 3.34. The second kappa shape index (κ2) is 6.18. The van der Waals surface area contributed by atoms with E-state index in [9.17, 15) is 4.79 Å². The van der Waals surface area contributed by atoms with E-state index in [-0.39, 0.29) is 28.9 Å². The SMILES string of the molecule is Cc1cc(C(=O)N[C@H]2C(C)(C)[C@@H]3C[C@@H]4[C@@H](c5ccccc5)OCCC42C3)no1. The number of aromatic nitrogens is 1. The highest BCUT2D eigenvalue weighted by atomic mass is 16.5. The third-order valence-corrected chi connectivity index (χ3v) is 7.77. The van der Waals surface area contributed by atoms with Crippen molar-refractivity contribution in [3.8, 4) is 0 Å². The Morgan fingerprint density at radius 1 is 1.25 bits per heavy atom. The van der Waals surface area contributed by atoms with Crippen LogP contribution in [-0.4, -0.2) is 23.7 Å². The summed E-state index contributed by atoms with van der Waals surface area (Å²) in [6, 6.07) is 12.4. The van der Waals surface area contributed by atoms with Gasteiger partial charge in [0.05, 0.1) is 6.10 Å². The maximum Gasteiger partial charge on any atom is 0.273 e. The van der Waals surface area contributed by atoms with Crippen LogP contribution in [-0.2, 0) is 4.74 Å². The molecule has 1 amide bonds. The Balaban J connectivity index is 1.48. The summed E-state index contributed by atoms with van der Waals surface area (Å²) >= 11 is 0. The monoisotopic (exact) mass is 380 g/mol. The molecule has 1 aromatic heterocycles. The van der Waals surface area contributed by atoms with Crippen LogP contribution in [0.1, 0.15) is 61.0 Å². The van der Waals surface area contributed by atoms with Crippen LogP contribution in [0.3, 0.4) is 0 Å². The van der Waals surface area contributed by atoms with Gasteiger partial charge < -0.3 is 14.6 Å². The zero-order chi connectivity index (χ0) is 19.5. The topological polar surface area (TPSA) is 64.4 Å². The zero-order valence-corrected chi connectivity index (χ0v) is 16.8. The molecule has 2 aromatic rings. The molecule has 5 heteroatoms. The fourth-order valence-corrected chi connectivity index (χ4v) is 6.44. The lowest BCUT2D eigenvalue weighted by atomic mass is 9.59. The number of aryl methyl sites for hydroxylation is 1. The highest BCUT2D eigenvalue weighted by Gasteiger charge is 2.68. The van der Waals surface area contributed by atoms with E-state index in [1.54, 1.807) is 6.07 Å². The summed E-state index contributed by atoms with van der Waals surface area (Å²) in [4.78, 5) is 12.9. The summed E-state index contributed by atoms with van der Waals surface area (Å²) in [5.74, 6) is 1.56. The fourth-order valence-electron chi connectivity index (χ4n) is 6.44. The molecule has 1 aromatic carbocycles. The van der Waals surface area contributed by atoms with Gasteiger partial charge in [0.2, 0.25) is 0 Å². The van der Waals surface area contributed by atoms with Crippen molar-refractivity contribution in [2.75, 3.05) is 6.61 Å². The molecule has 5 atom stereocenters. The minimum Gasteiger partial charge on any atom is -0.373 e. The van der Waals surface area contributed by atoms with Gasteiger partial charge in [0.25, 0.3) is 5.91 Å². The average molecular weight is 380 g/mol. The van der Waals surface area contributed by atoms with Crippen molar-refractivity contribution in [3.63, 3.8) is 0 Å². The van der Waals surface area contributed by atoms with Crippen molar-refractivity contribution in [1.82, 2.24) is 10.5 Å². The second-order valence-corrected chi connectivity index (χ2v) is 9.48. The van der Waals surface area contributed by atoms with E-state index in [0.717, 1.165) is 13.0 Å². The third kappa shape index (κ3) is 2.48. The first-order valence-electron chi connectivity index (χ1n) is 10.3. The van der Waals surface area contributed by atoms with Gasteiger partial charge in [-0.05, 0) is 54.4 Å². The molecule has 1 unspecified atom stereocenters. The van der Waals surface area contributed by atoms with Crippen molar-refractivity contribution >= 4 is 5.91 Å². The molecule has 3 aliphatic rings. The number of hydrogen-bond acceptors (Lipinski definition) is 4. The second-order valence-electron chi connectivity index (χ2n) is 9.48. The predicted octanol–water partition coefficient (Wildman–Crippen LogP) is 4.30.